The molecule has 1 aliphatic rings. The number of amides is 1. The molecule has 0 saturated carbocycles. The van der Waals surface area contributed by atoms with Gasteiger partial charge in [0.1, 0.15) is 11.4 Å². The van der Waals surface area contributed by atoms with Crippen LogP contribution in [-0.4, -0.2) is 29.8 Å². The minimum Gasteiger partial charge on any atom is -0.479 e. The highest BCUT2D eigenvalue weighted by Gasteiger charge is 2.22. The molecule has 0 aromatic carbocycles. The van der Waals surface area contributed by atoms with Crippen LogP contribution >= 0.6 is 0 Å². The summed E-state index contributed by atoms with van der Waals surface area (Å²) < 4.78 is 5.56. The van der Waals surface area contributed by atoms with Crippen LogP contribution in [0, 0.1) is 0 Å². The molecule has 1 N–H and O–H groups in total. The van der Waals surface area contributed by atoms with E-state index < -0.39 is 6.10 Å². The van der Waals surface area contributed by atoms with Gasteiger partial charge in [-0.25, -0.2) is 4.98 Å². The Morgan fingerprint density at radius 2 is 2.29 bits per heavy atom. The summed E-state index contributed by atoms with van der Waals surface area (Å²) in [6.07, 6.45) is 4.32. The highest BCUT2D eigenvalue weighted by Crippen LogP contribution is 2.15. The third-order valence-electron chi connectivity index (χ3n) is 2.64. The summed E-state index contributed by atoms with van der Waals surface area (Å²) in [6, 6.07) is 3.21. The summed E-state index contributed by atoms with van der Waals surface area (Å²) in [5.41, 5.74) is 0.350. The Bertz CT molecular complexity index is 403. The smallest absolute Gasteiger partial charge is 0.261 e. The van der Waals surface area contributed by atoms with Crippen molar-refractivity contribution in [2.75, 3.05) is 6.54 Å². The molecular formula is C12H14N2O3. The summed E-state index contributed by atoms with van der Waals surface area (Å²) >= 11 is 0. The highest BCUT2D eigenvalue weighted by molar-refractivity contribution is 5.81. The molecule has 1 aromatic heterocycles. The number of nitrogens with zero attached hydrogens (tertiary/aromatic N) is 1. The van der Waals surface area contributed by atoms with Crippen molar-refractivity contribution in [1.82, 2.24) is 10.3 Å². The highest BCUT2D eigenvalue weighted by atomic mass is 16.5. The van der Waals surface area contributed by atoms with Crippen LogP contribution < -0.4 is 10.1 Å². The maximum Gasteiger partial charge on any atom is 0.261 e. The van der Waals surface area contributed by atoms with Crippen molar-refractivity contribution in [2.24, 2.45) is 0 Å². The molecule has 0 aliphatic carbocycles. The molecule has 1 saturated heterocycles. The Morgan fingerprint density at radius 1 is 1.41 bits per heavy atom. The minimum atomic E-state index is -0.457. The lowest BCUT2D eigenvalue weighted by Gasteiger charge is -2.15. The van der Waals surface area contributed by atoms with Gasteiger partial charge in [0.2, 0.25) is 0 Å². The average molecular weight is 234 g/mol. The predicted octanol–water partition coefficient (Wildman–Crippen LogP) is 0.942. The van der Waals surface area contributed by atoms with Crippen molar-refractivity contribution in [3.05, 3.63) is 24.0 Å². The summed E-state index contributed by atoms with van der Waals surface area (Å²) in [5, 5.41) is 2.80. The largest absolute Gasteiger partial charge is 0.479 e. The standard InChI is InChI=1S/C12H14N2O3/c15-8-9-4-5-10(7-14-9)17-11-3-1-2-6-13-12(11)16/h4-5,7-8,11H,1-3,6H2,(H,13,16). The molecule has 17 heavy (non-hydrogen) atoms. The van der Waals surface area contributed by atoms with Gasteiger partial charge < -0.3 is 10.1 Å². The quantitative estimate of drug-likeness (QED) is 0.790. The SMILES string of the molecule is O=Cc1ccc(OC2CCCCNC2=O)cn1. The number of nitrogens with one attached hydrogen (secondary N) is 1. The van der Waals surface area contributed by atoms with Gasteiger partial charge in [-0.2, -0.15) is 0 Å². The molecule has 2 heterocycles. The van der Waals surface area contributed by atoms with Gasteiger partial charge in [-0.05, 0) is 31.4 Å². The zero-order chi connectivity index (χ0) is 12.1. The van der Waals surface area contributed by atoms with Crippen molar-refractivity contribution >= 4 is 12.2 Å². The van der Waals surface area contributed by atoms with E-state index in [1.165, 1.54) is 6.20 Å². The number of aldehydes is 1. The fourth-order valence-electron chi connectivity index (χ4n) is 1.72. The first-order valence-corrected chi connectivity index (χ1v) is 5.65. The zero-order valence-electron chi connectivity index (χ0n) is 9.39. The molecule has 1 amide bonds. The Balaban J connectivity index is 2.02. The molecule has 2 rings (SSSR count). The molecule has 0 spiro atoms. The van der Waals surface area contributed by atoms with Gasteiger partial charge in [0.05, 0.1) is 6.20 Å². The summed E-state index contributed by atoms with van der Waals surface area (Å²) in [4.78, 5) is 26.0. The third-order valence-corrected chi connectivity index (χ3v) is 2.64. The van der Waals surface area contributed by atoms with Crippen molar-refractivity contribution in [2.45, 2.75) is 25.4 Å². The van der Waals surface area contributed by atoms with Crippen LogP contribution in [0.1, 0.15) is 29.8 Å². The number of carbonyl (C=O) groups excluding carboxylic acids is 2. The first-order chi connectivity index (χ1) is 8.29. The van der Waals surface area contributed by atoms with Crippen LogP contribution in [0.3, 0.4) is 0 Å². The maximum atomic E-state index is 11.6. The first kappa shape index (κ1) is 11.6. The summed E-state index contributed by atoms with van der Waals surface area (Å²) in [6.45, 7) is 0.709. The second-order valence-electron chi connectivity index (χ2n) is 3.93. The van der Waals surface area contributed by atoms with Crippen molar-refractivity contribution in [1.29, 1.82) is 0 Å². The molecule has 1 atom stereocenters. The van der Waals surface area contributed by atoms with E-state index in [0.717, 1.165) is 12.8 Å². The molecule has 5 nitrogen and oxygen atoms in total. The molecule has 1 unspecified atom stereocenters. The second-order valence-corrected chi connectivity index (χ2v) is 3.93. The normalized spacial score (nSPS) is 20.2. The molecule has 90 valence electrons. The van der Waals surface area contributed by atoms with E-state index in [2.05, 4.69) is 10.3 Å². The summed E-state index contributed by atoms with van der Waals surface area (Å²) in [7, 11) is 0. The van der Waals surface area contributed by atoms with Crippen molar-refractivity contribution in [3.8, 4) is 5.75 Å². The molecule has 1 aliphatic heterocycles. The number of hydrogen-bond acceptors (Lipinski definition) is 4. The van der Waals surface area contributed by atoms with E-state index in [1.54, 1.807) is 12.1 Å². The molecular weight excluding hydrogens is 220 g/mol. The number of rotatable bonds is 3. The zero-order valence-corrected chi connectivity index (χ0v) is 9.39. The molecule has 1 fully saturated rings. The molecule has 1 aromatic rings. The number of carbonyl (C=O) groups is 2. The van der Waals surface area contributed by atoms with Crippen molar-refractivity contribution < 1.29 is 14.3 Å². The number of aromatic nitrogens is 1. The topological polar surface area (TPSA) is 68.3 Å². The second kappa shape index (κ2) is 5.43. The van der Waals surface area contributed by atoms with Crippen LogP contribution in [0.25, 0.3) is 0 Å². The van der Waals surface area contributed by atoms with Crippen LogP contribution in [-0.2, 0) is 4.79 Å². The Hall–Kier alpha value is -1.91. The summed E-state index contributed by atoms with van der Waals surface area (Å²) in [5.74, 6) is 0.430. The minimum absolute atomic E-state index is 0.0815. The van der Waals surface area contributed by atoms with E-state index >= 15 is 0 Å². The van der Waals surface area contributed by atoms with E-state index in [1.807, 2.05) is 0 Å². The Morgan fingerprint density at radius 3 is 3.00 bits per heavy atom. The van der Waals surface area contributed by atoms with Crippen LogP contribution in [0.15, 0.2) is 18.3 Å². The van der Waals surface area contributed by atoms with Gasteiger partial charge in [0.25, 0.3) is 5.91 Å². The Kier molecular flexibility index (Phi) is 3.69. The van der Waals surface area contributed by atoms with Gasteiger partial charge in [0, 0.05) is 6.54 Å². The first-order valence-electron chi connectivity index (χ1n) is 5.65. The molecule has 0 bridgehead atoms. The lowest BCUT2D eigenvalue weighted by molar-refractivity contribution is -0.127. The average Bonchev–Trinajstić information content (AvgIpc) is 2.56. The van der Waals surface area contributed by atoms with Crippen LogP contribution in [0.4, 0.5) is 0 Å². The van der Waals surface area contributed by atoms with E-state index in [4.69, 9.17) is 4.74 Å². The lowest BCUT2D eigenvalue weighted by Crippen LogP contribution is -2.36. The van der Waals surface area contributed by atoms with Crippen LogP contribution in [0.2, 0.25) is 0 Å². The maximum absolute atomic E-state index is 11.6. The third kappa shape index (κ3) is 3.03. The van der Waals surface area contributed by atoms with E-state index in [0.29, 0.717) is 30.7 Å². The van der Waals surface area contributed by atoms with Gasteiger partial charge in [-0.15, -0.1) is 0 Å². The van der Waals surface area contributed by atoms with E-state index in [9.17, 15) is 9.59 Å². The molecule has 0 radical (unpaired) electrons. The predicted molar refractivity (Wildman–Crippen MR) is 60.9 cm³/mol. The monoisotopic (exact) mass is 234 g/mol. The molecule has 5 heteroatoms. The lowest BCUT2D eigenvalue weighted by atomic mass is 10.2. The number of pyridine rings is 1. The van der Waals surface area contributed by atoms with Crippen molar-refractivity contribution in [3.63, 3.8) is 0 Å². The Labute approximate surface area is 99.2 Å². The fraction of sp³-hybridized carbons (Fsp3) is 0.417. The van der Waals surface area contributed by atoms with E-state index in [-0.39, 0.29) is 5.91 Å². The van der Waals surface area contributed by atoms with Gasteiger partial charge in [0.15, 0.2) is 12.4 Å². The van der Waals surface area contributed by atoms with Gasteiger partial charge >= 0.3 is 0 Å². The number of hydrogen-bond donors (Lipinski definition) is 1. The van der Waals surface area contributed by atoms with Gasteiger partial charge in [-0.3, -0.25) is 9.59 Å². The number of ether oxygens (including phenoxy) is 1. The van der Waals surface area contributed by atoms with Crippen LogP contribution in [0.5, 0.6) is 5.75 Å². The fourth-order valence-corrected chi connectivity index (χ4v) is 1.72. The van der Waals surface area contributed by atoms with Gasteiger partial charge in [-0.1, -0.05) is 0 Å².